The smallest absolute Gasteiger partial charge is 0.253 e. The van der Waals surface area contributed by atoms with E-state index in [1.54, 1.807) is 7.11 Å². The lowest BCUT2D eigenvalue weighted by Crippen LogP contribution is -2.38. The van der Waals surface area contributed by atoms with Crippen LogP contribution in [-0.4, -0.2) is 44.1 Å². The van der Waals surface area contributed by atoms with Gasteiger partial charge in [0.25, 0.3) is 5.91 Å². The number of nitrogens with zero attached hydrogens (tertiary/aromatic N) is 1. The van der Waals surface area contributed by atoms with Crippen LogP contribution in [-0.2, 0) is 0 Å². The Bertz CT molecular complexity index is 381. The summed E-state index contributed by atoms with van der Waals surface area (Å²) in [6.45, 7) is 3.65. The molecule has 0 radical (unpaired) electrons. The van der Waals surface area contributed by atoms with Gasteiger partial charge in [-0.2, -0.15) is 0 Å². The molecule has 0 saturated carbocycles. The molecule has 1 N–H and O–H groups in total. The lowest BCUT2D eigenvalue weighted by molar-refractivity contribution is 0.0745. The number of benzene rings is 1. The Kier molecular flexibility index (Phi) is 4.59. The number of carbonyl (C=O) groups excluding carboxylic acids is 1. The molecule has 1 aromatic rings. The molecule has 1 heterocycles. The predicted octanol–water partition coefficient (Wildman–Crippen LogP) is 1.52. The third-order valence-electron chi connectivity index (χ3n) is 3.19. The molecular formula is C14H20N2O2. The SMILES string of the molecule is COc1ccc(C(=O)N2CCCNCCC2)cc1. The summed E-state index contributed by atoms with van der Waals surface area (Å²) in [6, 6.07) is 7.33. The van der Waals surface area contributed by atoms with Gasteiger partial charge in [-0.25, -0.2) is 0 Å². The van der Waals surface area contributed by atoms with E-state index in [-0.39, 0.29) is 5.91 Å². The van der Waals surface area contributed by atoms with Gasteiger partial charge in [0.1, 0.15) is 5.75 Å². The van der Waals surface area contributed by atoms with Crippen LogP contribution in [0.3, 0.4) is 0 Å². The summed E-state index contributed by atoms with van der Waals surface area (Å²) in [5.74, 6) is 0.906. The predicted molar refractivity (Wildman–Crippen MR) is 71.0 cm³/mol. The van der Waals surface area contributed by atoms with Crippen molar-refractivity contribution in [3.63, 3.8) is 0 Å². The highest BCUT2D eigenvalue weighted by atomic mass is 16.5. The average Bonchev–Trinajstić information content (AvgIpc) is 2.38. The van der Waals surface area contributed by atoms with Crippen LogP contribution in [0.25, 0.3) is 0 Å². The maximum absolute atomic E-state index is 12.3. The Balaban J connectivity index is 2.03. The maximum atomic E-state index is 12.3. The summed E-state index contributed by atoms with van der Waals surface area (Å²) in [7, 11) is 1.63. The van der Waals surface area contributed by atoms with Crippen LogP contribution >= 0.6 is 0 Å². The summed E-state index contributed by atoms with van der Waals surface area (Å²) in [4.78, 5) is 14.3. The number of carbonyl (C=O) groups is 1. The molecular weight excluding hydrogens is 228 g/mol. The summed E-state index contributed by atoms with van der Waals surface area (Å²) in [5, 5.41) is 3.35. The fraction of sp³-hybridized carbons (Fsp3) is 0.500. The lowest BCUT2D eigenvalue weighted by Gasteiger charge is -2.25. The monoisotopic (exact) mass is 248 g/mol. The Morgan fingerprint density at radius 3 is 2.33 bits per heavy atom. The second kappa shape index (κ2) is 6.40. The third-order valence-corrected chi connectivity index (χ3v) is 3.19. The minimum absolute atomic E-state index is 0.125. The van der Waals surface area contributed by atoms with Crippen molar-refractivity contribution < 1.29 is 9.53 Å². The molecule has 1 fully saturated rings. The molecule has 1 aliphatic heterocycles. The normalized spacial score (nSPS) is 16.8. The number of hydrogen-bond acceptors (Lipinski definition) is 3. The first-order valence-electron chi connectivity index (χ1n) is 6.45. The van der Waals surface area contributed by atoms with Crippen LogP contribution < -0.4 is 10.1 Å². The molecule has 1 amide bonds. The second-order valence-corrected chi connectivity index (χ2v) is 4.48. The Labute approximate surface area is 108 Å². The van der Waals surface area contributed by atoms with Gasteiger partial charge in [0.15, 0.2) is 0 Å². The molecule has 4 heteroatoms. The van der Waals surface area contributed by atoms with Crippen LogP contribution in [0.4, 0.5) is 0 Å². The molecule has 18 heavy (non-hydrogen) atoms. The topological polar surface area (TPSA) is 41.6 Å². The summed E-state index contributed by atoms with van der Waals surface area (Å²) < 4.78 is 5.10. The first kappa shape index (κ1) is 12.9. The van der Waals surface area contributed by atoms with E-state index in [1.807, 2.05) is 29.2 Å². The molecule has 0 bridgehead atoms. The number of methoxy groups -OCH3 is 1. The molecule has 0 aliphatic carbocycles. The van der Waals surface area contributed by atoms with Gasteiger partial charge in [0.05, 0.1) is 7.11 Å². The summed E-state index contributed by atoms with van der Waals surface area (Å²) >= 11 is 0. The highest BCUT2D eigenvalue weighted by Crippen LogP contribution is 2.13. The fourth-order valence-electron chi connectivity index (χ4n) is 2.15. The largest absolute Gasteiger partial charge is 0.497 e. The molecule has 2 rings (SSSR count). The van der Waals surface area contributed by atoms with Crippen molar-refractivity contribution >= 4 is 5.91 Å². The zero-order chi connectivity index (χ0) is 12.8. The Morgan fingerprint density at radius 1 is 1.17 bits per heavy atom. The van der Waals surface area contributed by atoms with Gasteiger partial charge >= 0.3 is 0 Å². The van der Waals surface area contributed by atoms with Crippen LogP contribution in [0.2, 0.25) is 0 Å². The van der Waals surface area contributed by atoms with Gasteiger partial charge in [0, 0.05) is 18.7 Å². The van der Waals surface area contributed by atoms with Crippen molar-refractivity contribution in [1.82, 2.24) is 10.2 Å². The van der Waals surface area contributed by atoms with E-state index in [2.05, 4.69) is 5.32 Å². The molecule has 0 aromatic heterocycles. The first-order chi connectivity index (χ1) is 8.81. The van der Waals surface area contributed by atoms with Crippen LogP contribution in [0, 0.1) is 0 Å². The maximum Gasteiger partial charge on any atom is 0.253 e. The fourth-order valence-corrected chi connectivity index (χ4v) is 2.15. The molecule has 0 atom stereocenters. The van der Waals surface area contributed by atoms with Crippen molar-refractivity contribution in [3.05, 3.63) is 29.8 Å². The van der Waals surface area contributed by atoms with E-state index in [0.717, 1.165) is 50.3 Å². The van der Waals surface area contributed by atoms with Crippen molar-refractivity contribution in [3.8, 4) is 5.75 Å². The van der Waals surface area contributed by atoms with Crippen LogP contribution in [0.5, 0.6) is 5.75 Å². The zero-order valence-electron chi connectivity index (χ0n) is 10.8. The Hall–Kier alpha value is -1.55. The Morgan fingerprint density at radius 2 is 1.78 bits per heavy atom. The van der Waals surface area contributed by atoms with E-state index in [1.165, 1.54) is 0 Å². The van der Waals surface area contributed by atoms with E-state index in [9.17, 15) is 4.79 Å². The van der Waals surface area contributed by atoms with Gasteiger partial charge in [-0.15, -0.1) is 0 Å². The minimum atomic E-state index is 0.125. The highest BCUT2D eigenvalue weighted by Gasteiger charge is 2.16. The summed E-state index contributed by atoms with van der Waals surface area (Å²) in [6.07, 6.45) is 2.03. The van der Waals surface area contributed by atoms with Gasteiger partial charge in [-0.05, 0) is 50.2 Å². The number of hydrogen-bond donors (Lipinski definition) is 1. The van der Waals surface area contributed by atoms with Gasteiger partial charge < -0.3 is 15.0 Å². The molecule has 1 aromatic carbocycles. The van der Waals surface area contributed by atoms with E-state index < -0.39 is 0 Å². The molecule has 0 unspecified atom stereocenters. The van der Waals surface area contributed by atoms with E-state index in [0.29, 0.717) is 0 Å². The van der Waals surface area contributed by atoms with Gasteiger partial charge in [-0.1, -0.05) is 0 Å². The third kappa shape index (κ3) is 3.23. The van der Waals surface area contributed by atoms with Gasteiger partial charge in [0.2, 0.25) is 0 Å². The van der Waals surface area contributed by atoms with Crippen molar-refractivity contribution in [2.75, 3.05) is 33.3 Å². The second-order valence-electron chi connectivity index (χ2n) is 4.48. The van der Waals surface area contributed by atoms with Crippen LogP contribution in [0.15, 0.2) is 24.3 Å². The standard InChI is InChI=1S/C14H20N2O2/c1-18-13-6-4-12(5-7-13)14(17)16-10-2-8-15-9-3-11-16/h4-7,15H,2-3,8-11H2,1H3. The van der Waals surface area contributed by atoms with E-state index >= 15 is 0 Å². The number of nitrogens with one attached hydrogen (secondary N) is 1. The number of rotatable bonds is 2. The zero-order valence-corrected chi connectivity index (χ0v) is 10.8. The van der Waals surface area contributed by atoms with Gasteiger partial charge in [-0.3, -0.25) is 4.79 Å². The number of ether oxygens (including phenoxy) is 1. The van der Waals surface area contributed by atoms with Crippen LogP contribution in [0.1, 0.15) is 23.2 Å². The first-order valence-corrected chi connectivity index (χ1v) is 6.45. The van der Waals surface area contributed by atoms with Crippen molar-refractivity contribution in [2.45, 2.75) is 12.8 Å². The molecule has 1 aliphatic rings. The summed E-state index contributed by atoms with van der Waals surface area (Å²) in [5.41, 5.74) is 0.740. The van der Waals surface area contributed by atoms with Crippen molar-refractivity contribution in [1.29, 1.82) is 0 Å². The molecule has 1 saturated heterocycles. The number of amides is 1. The van der Waals surface area contributed by atoms with E-state index in [4.69, 9.17) is 4.74 Å². The lowest BCUT2D eigenvalue weighted by atomic mass is 10.1. The average molecular weight is 248 g/mol. The minimum Gasteiger partial charge on any atom is -0.497 e. The van der Waals surface area contributed by atoms with Crippen molar-refractivity contribution in [2.24, 2.45) is 0 Å². The highest BCUT2D eigenvalue weighted by molar-refractivity contribution is 5.94. The molecule has 4 nitrogen and oxygen atoms in total. The molecule has 98 valence electrons. The quantitative estimate of drug-likeness (QED) is 0.863. The molecule has 0 spiro atoms.